The Morgan fingerprint density at radius 3 is 2.35 bits per heavy atom. The molecule has 0 aliphatic carbocycles. The van der Waals surface area contributed by atoms with Gasteiger partial charge < -0.3 is 14.4 Å². The molecule has 0 radical (unpaired) electrons. The number of halogens is 1. The summed E-state index contributed by atoms with van der Waals surface area (Å²) in [7, 11) is 1.67. The maximum Gasteiger partial charge on any atom is 0.253 e. The number of benzene rings is 3. The molecule has 1 aliphatic rings. The standard InChI is InChI=1S/C28H31ClN2O3/c1-21-6-8-24(9-7-21)28(32)31-16-14-30(15-17-31)19-27(23-10-12-25(29)13-11-23)34-20-22-4-3-5-26(18-22)33-2/h3-13,18,27H,14-17,19-20H2,1-2H3. The third-order valence-corrected chi connectivity index (χ3v) is 6.46. The first kappa shape index (κ1) is 24.3. The monoisotopic (exact) mass is 478 g/mol. The van der Waals surface area contributed by atoms with E-state index in [2.05, 4.69) is 4.90 Å². The number of hydrogen-bond acceptors (Lipinski definition) is 4. The Hall–Kier alpha value is -2.86. The average Bonchev–Trinajstić information content (AvgIpc) is 2.87. The van der Waals surface area contributed by atoms with Crippen LogP contribution in [-0.2, 0) is 11.3 Å². The van der Waals surface area contributed by atoms with Crippen LogP contribution in [0.5, 0.6) is 5.75 Å². The van der Waals surface area contributed by atoms with Gasteiger partial charge in [0, 0.05) is 43.3 Å². The third-order valence-electron chi connectivity index (χ3n) is 6.21. The molecular formula is C28H31ClN2O3. The van der Waals surface area contributed by atoms with E-state index < -0.39 is 0 Å². The van der Waals surface area contributed by atoms with E-state index in [1.165, 1.54) is 0 Å². The first-order valence-electron chi connectivity index (χ1n) is 11.6. The highest BCUT2D eigenvalue weighted by molar-refractivity contribution is 6.30. The molecule has 0 aromatic heterocycles. The molecule has 0 saturated carbocycles. The summed E-state index contributed by atoms with van der Waals surface area (Å²) in [4.78, 5) is 17.2. The van der Waals surface area contributed by atoms with Crippen molar-refractivity contribution in [3.63, 3.8) is 0 Å². The van der Waals surface area contributed by atoms with Gasteiger partial charge in [0.25, 0.3) is 5.91 Å². The second-order valence-corrected chi connectivity index (χ2v) is 9.10. The molecule has 34 heavy (non-hydrogen) atoms. The number of rotatable bonds is 8. The molecule has 1 saturated heterocycles. The van der Waals surface area contributed by atoms with Crippen LogP contribution in [-0.4, -0.2) is 55.5 Å². The maximum atomic E-state index is 12.9. The van der Waals surface area contributed by atoms with Gasteiger partial charge in [-0.3, -0.25) is 9.69 Å². The van der Waals surface area contributed by atoms with E-state index in [0.29, 0.717) is 24.7 Å². The molecule has 5 nitrogen and oxygen atoms in total. The summed E-state index contributed by atoms with van der Waals surface area (Å²) in [5.41, 5.74) is 4.06. The molecule has 3 aromatic rings. The van der Waals surface area contributed by atoms with Gasteiger partial charge in [-0.25, -0.2) is 0 Å². The number of aryl methyl sites for hydroxylation is 1. The molecule has 178 valence electrons. The Morgan fingerprint density at radius 1 is 0.971 bits per heavy atom. The Bertz CT molecular complexity index is 1080. The van der Waals surface area contributed by atoms with E-state index in [9.17, 15) is 4.79 Å². The number of ether oxygens (including phenoxy) is 2. The second kappa shape index (κ2) is 11.5. The van der Waals surface area contributed by atoms with Crippen molar-refractivity contribution in [1.29, 1.82) is 0 Å². The summed E-state index contributed by atoms with van der Waals surface area (Å²) in [6.45, 7) is 6.29. The molecule has 0 N–H and O–H groups in total. The number of nitrogens with zero attached hydrogens (tertiary/aromatic N) is 2. The predicted molar refractivity (Wildman–Crippen MR) is 135 cm³/mol. The van der Waals surface area contributed by atoms with E-state index in [4.69, 9.17) is 21.1 Å². The zero-order valence-electron chi connectivity index (χ0n) is 19.7. The van der Waals surface area contributed by atoms with Gasteiger partial charge in [0.05, 0.1) is 19.8 Å². The van der Waals surface area contributed by atoms with Crippen LogP contribution in [0, 0.1) is 6.92 Å². The second-order valence-electron chi connectivity index (χ2n) is 8.66. The lowest BCUT2D eigenvalue weighted by Gasteiger charge is -2.36. The minimum atomic E-state index is -0.109. The van der Waals surface area contributed by atoms with Crippen molar-refractivity contribution >= 4 is 17.5 Å². The van der Waals surface area contributed by atoms with Crippen LogP contribution in [0.3, 0.4) is 0 Å². The Balaban J connectivity index is 1.38. The normalized spacial score (nSPS) is 15.2. The SMILES string of the molecule is COc1cccc(COC(CN2CCN(C(=O)c3ccc(C)cc3)CC2)c2ccc(Cl)cc2)c1. The molecule has 1 fully saturated rings. The van der Waals surface area contributed by atoms with Gasteiger partial charge in [-0.15, -0.1) is 0 Å². The van der Waals surface area contributed by atoms with Crippen LogP contribution in [0.25, 0.3) is 0 Å². The van der Waals surface area contributed by atoms with Crippen LogP contribution in [0.4, 0.5) is 0 Å². The number of amides is 1. The largest absolute Gasteiger partial charge is 0.497 e. The summed E-state index contributed by atoms with van der Waals surface area (Å²) >= 11 is 6.12. The van der Waals surface area contributed by atoms with E-state index in [0.717, 1.165) is 47.6 Å². The molecule has 3 aromatic carbocycles. The number of carbonyl (C=O) groups excluding carboxylic acids is 1. The Morgan fingerprint density at radius 2 is 1.68 bits per heavy atom. The number of methoxy groups -OCH3 is 1. The smallest absolute Gasteiger partial charge is 0.253 e. The fraction of sp³-hybridized carbons (Fsp3) is 0.321. The Labute approximate surface area is 206 Å². The van der Waals surface area contributed by atoms with Crippen LogP contribution >= 0.6 is 11.6 Å². The molecule has 1 atom stereocenters. The zero-order chi connectivity index (χ0) is 23.9. The molecule has 0 bridgehead atoms. The van der Waals surface area contributed by atoms with Crippen LogP contribution in [0.1, 0.15) is 33.2 Å². The molecule has 0 spiro atoms. The van der Waals surface area contributed by atoms with Gasteiger partial charge in [-0.05, 0) is 54.4 Å². The average molecular weight is 479 g/mol. The van der Waals surface area contributed by atoms with Gasteiger partial charge in [0.1, 0.15) is 5.75 Å². The van der Waals surface area contributed by atoms with E-state index in [-0.39, 0.29) is 12.0 Å². The number of hydrogen-bond donors (Lipinski definition) is 0. The molecule has 1 amide bonds. The van der Waals surface area contributed by atoms with Crippen LogP contribution in [0.2, 0.25) is 5.02 Å². The third kappa shape index (κ3) is 6.38. The Kier molecular flexibility index (Phi) is 8.22. The van der Waals surface area contributed by atoms with Gasteiger partial charge >= 0.3 is 0 Å². The molecular weight excluding hydrogens is 448 g/mol. The van der Waals surface area contributed by atoms with Gasteiger partial charge in [0.15, 0.2) is 0 Å². The first-order valence-corrected chi connectivity index (χ1v) is 12.0. The highest BCUT2D eigenvalue weighted by Crippen LogP contribution is 2.24. The zero-order valence-corrected chi connectivity index (χ0v) is 20.5. The number of carbonyl (C=O) groups is 1. The van der Waals surface area contributed by atoms with E-state index in [1.807, 2.05) is 84.6 Å². The van der Waals surface area contributed by atoms with Crippen molar-refractivity contribution in [3.05, 3.63) is 100 Å². The molecule has 1 aliphatic heterocycles. The minimum Gasteiger partial charge on any atom is -0.497 e. The van der Waals surface area contributed by atoms with Crippen molar-refractivity contribution in [2.75, 3.05) is 39.8 Å². The molecule has 1 unspecified atom stereocenters. The predicted octanol–water partition coefficient (Wildman–Crippen LogP) is 5.37. The lowest BCUT2D eigenvalue weighted by atomic mass is 10.1. The quantitative estimate of drug-likeness (QED) is 0.436. The van der Waals surface area contributed by atoms with Crippen molar-refractivity contribution in [2.24, 2.45) is 0 Å². The lowest BCUT2D eigenvalue weighted by Crippen LogP contribution is -2.49. The topological polar surface area (TPSA) is 42.0 Å². The fourth-order valence-corrected chi connectivity index (χ4v) is 4.26. The van der Waals surface area contributed by atoms with Gasteiger partial charge in [0.2, 0.25) is 0 Å². The highest BCUT2D eigenvalue weighted by Gasteiger charge is 2.25. The maximum absolute atomic E-state index is 12.9. The summed E-state index contributed by atoms with van der Waals surface area (Å²) in [6, 6.07) is 23.6. The summed E-state index contributed by atoms with van der Waals surface area (Å²) in [6.07, 6.45) is -0.109. The van der Waals surface area contributed by atoms with Crippen molar-refractivity contribution in [1.82, 2.24) is 9.80 Å². The summed E-state index contributed by atoms with van der Waals surface area (Å²) in [5, 5.41) is 0.707. The van der Waals surface area contributed by atoms with E-state index in [1.54, 1.807) is 7.11 Å². The van der Waals surface area contributed by atoms with Crippen LogP contribution < -0.4 is 4.74 Å². The van der Waals surface area contributed by atoms with E-state index >= 15 is 0 Å². The molecule has 6 heteroatoms. The molecule has 4 rings (SSSR count). The highest BCUT2D eigenvalue weighted by atomic mass is 35.5. The lowest BCUT2D eigenvalue weighted by molar-refractivity contribution is 0.00337. The van der Waals surface area contributed by atoms with Crippen molar-refractivity contribution in [2.45, 2.75) is 19.6 Å². The van der Waals surface area contributed by atoms with Gasteiger partial charge in [-0.2, -0.15) is 0 Å². The van der Waals surface area contributed by atoms with Crippen LogP contribution in [0.15, 0.2) is 72.8 Å². The first-order chi connectivity index (χ1) is 16.5. The molecule has 1 heterocycles. The summed E-state index contributed by atoms with van der Waals surface area (Å²) in [5.74, 6) is 0.918. The summed E-state index contributed by atoms with van der Waals surface area (Å²) < 4.78 is 11.7. The fourth-order valence-electron chi connectivity index (χ4n) is 4.14. The number of piperazine rings is 1. The van der Waals surface area contributed by atoms with Gasteiger partial charge in [-0.1, -0.05) is 53.6 Å². The van der Waals surface area contributed by atoms with Crippen molar-refractivity contribution < 1.29 is 14.3 Å². The minimum absolute atomic E-state index is 0.100. The van der Waals surface area contributed by atoms with Crippen molar-refractivity contribution in [3.8, 4) is 5.75 Å².